The summed E-state index contributed by atoms with van der Waals surface area (Å²) in [4.78, 5) is 9.04. The Balaban J connectivity index is 2.07. The maximum absolute atomic E-state index is 4.60. The molecular formula is C14H22BrN3. The number of rotatable bonds is 3. The lowest BCUT2D eigenvalue weighted by Gasteiger charge is -2.18. The van der Waals surface area contributed by atoms with Gasteiger partial charge in [-0.05, 0) is 33.7 Å². The van der Waals surface area contributed by atoms with Crippen LogP contribution in [-0.4, -0.2) is 16.5 Å². The monoisotopic (exact) mass is 311 g/mol. The Morgan fingerprint density at radius 2 is 2.00 bits per heavy atom. The molecule has 0 radical (unpaired) electrons. The molecule has 1 unspecified atom stereocenters. The highest BCUT2D eigenvalue weighted by atomic mass is 79.9. The lowest BCUT2D eigenvalue weighted by atomic mass is 9.96. The van der Waals surface area contributed by atoms with Crippen LogP contribution < -0.4 is 5.32 Å². The van der Waals surface area contributed by atoms with Crippen LogP contribution in [0.5, 0.6) is 0 Å². The summed E-state index contributed by atoms with van der Waals surface area (Å²) in [5.74, 6) is 2.56. The molecule has 1 heterocycles. The Morgan fingerprint density at radius 1 is 1.39 bits per heavy atom. The summed E-state index contributed by atoms with van der Waals surface area (Å²) >= 11 is 3.46. The van der Waals surface area contributed by atoms with E-state index in [-0.39, 0.29) is 5.41 Å². The topological polar surface area (TPSA) is 37.8 Å². The van der Waals surface area contributed by atoms with Crippen molar-refractivity contribution in [2.75, 3.05) is 11.9 Å². The van der Waals surface area contributed by atoms with Crippen molar-refractivity contribution in [1.82, 2.24) is 9.97 Å². The van der Waals surface area contributed by atoms with Crippen LogP contribution >= 0.6 is 15.9 Å². The molecule has 4 heteroatoms. The van der Waals surface area contributed by atoms with Gasteiger partial charge in [-0.1, -0.05) is 34.6 Å². The van der Waals surface area contributed by atoms with E-state index in [2.05, 4.69) is 65.8 Å². The van der Waals surface area contributed by atoms with Gasteiger partial charge in [-0.2, -0.15) is 0 Å². The zero-order valence-electron chi connectivity index (χ0n) is 11.8. The minimum Gasteiger partial charge on any atom is -0.370 e. The van der Waals surface area contributed by atoms with Crippen LogP contribution in [0.2, 0.25) is 0 Å². The second kappa shape index (κ2) is 4.48. The summed E-state index contributed by atoms with van der Waals surface area (Å²) in [6.45, 7) is 12.0. The maximum atomic E-state index is 4.60. The van der Waals surface area contributed by atoms with Crippen LogP contribution in [0, 0.1) is 11.3 Å². The molecule has 1 aliphatic carbocycles. The van der Waals surface area contributed by atoms with Gasteiger partial charge in [0, 0.05) is 18.0 Å². The van der Waals surface area contributed by atoms with Crippen LogP contribution in [0.4, 0.5) is 5.82 Å². The summed E-state index contributed by atoms with van der Waals surface area (Å²) in [5, 5.41) is 3.43. The van der Waals surface area contributed by atoms with E-state index < -0.39 is 0 Å². The summed E-state index contributed by atoms with van der Waals surface area (Å²) < 4.78 is 0.847. The van der Waals surface area contributed by atoms with Gasteiger partial charge in [0.25, 0.3) is 0 Å². The fraction of sp³-hybridized carbons (Fsp3) is 0.714. The van der Waals surface area contributed by atoms with Crippen molar-refractivity contribution in [3.05, 3.63) is 16.5 Å². The average molecular weight is 312 g/mol. The fourth-order valence-corrected chi connectivity index (χ4v) is 2.38. The molecule has 1 aromatic rings. The highest BCUT2D eigenvalue weighted by Crippen LogP contribution is 2.51. The van der Waals surface area contributed by atoms with Crippen molar-refractivity contribution in [1.29, 1.82) is 0 Å². The Labute approximate surface area is 118 Å². The number of hydrogen-bond acceptors (Lipinski definition) is 3. The van der Waals surface area contributed by atoms with E-state index >= 15 is 0 Å². The molecule has 0 aromatic carbocycles. The number of aromatic nitrogens is 2. The van der Waals surface area contributed by atoms with Gasteiger partial charge in [0.2, 0.25) is 0 Å². The van der Waals surface area contributed by atoms with Crippen molar-refractivity contribution in [2.24, 2.45) is 11.3 Å². The largest absolute Gasteiger partial charge is 0.370 e. The zero-order valence-corrected chi connectivity index (χ0v) is 13.4. The van der Waals surface area contributed by atoms with Crippen molar-refractivity contribution < 1.29 is 0 Å². The molecule has 0 amide bonds. The van der Waals surface area contributed by atoms with Crippen LogP contribution in [0.25, 0.3) is 0 Å². The molecule has 0 aliphatic heterocycles. The molecule has 0 spiro atoms. The smallest absolute Gasteiger partial charge is 0.137 e. The number of halogens is 1. The molecule has 1 saturated carbocycles. The molecule has 1 aromatic heterocycles. The molecule has 0 saturated heterocycles. The highest BCUT2D eigenvalue weighted by molar-refractivity contribution is 9.10. The predicted molar refractivity (Wildman–Crippen MR) is 78.8 cm³/mol. The molecule has 1 atom stereocenters. The van der Waals surface area contributed by atoms with E-state index in [1.54, 1.807) is 0 Å². The van der Waals surface area contributed by atoms with Gasteiger partial charge in [0.1, 0.15) is 16.2 Å². The van der Waals surface area contributed by atoms with Crippen LogP contribution in [-0.2, 0) is 5.41 Å². The van der Waals surface area contributed by atoms with Gasteiger partial charge in [-0.25, -0.2) is 9.97 Å². The van der Waals surface area contributed by atoms with Crippen molar-refractivity contribution in [3.63, 3.8) is 0 Å². The number of nitrogens with zero attached hydrogens (tertiary/aromatic N) is 2. The van der Waals surface area contributed by atoms with E-state index in [1.807, 2.05) is 6.07 Å². The zero-order chi connectivity index (χ0) is 13.6. The minimum atomic E-state index is -0.0287. The second-order valence-electron chi connectivity index (χ2n) is 6.92. The molecule has 1 N–H and O–H groups in total. The van der Waals surface area contributed by atoms with Gasteiger partial charge in [0.05, 0.1) is 0 Å². The molecule has 1 fully saturated rings. The van der Waals surface area contributed by atoms with E-state index in [0.29, 0.717) is 5.41 Å². The number of nitrogens with one attached hydrogen (secondary N) is 1. The standard InChI is InChI=1S/C14H22BrN3/c1-13(2,3)12-17-10(15)6-11(18-12)16-8-9-7-14(9,4)5/h6,9H,7-8H2,1-5H3,(H,16,17,18). The van der Waals surface area contributed by atoms with E-state index in [0.717, 1.165) is 28.7 Å². The van der Waals surface area contributed by atoms with Crippen molar-refractivity contribution in [2.45, 2.75) is 46.5 Å². The first-order chi connectivity index (χ1) is 8.18. The molecule has 2 rings (SSSR count). The van der Waals surface area contributed by atoms with Crippen LogP contribution in [0.15, 0.2) is 10.7 Å². The first-order valence-corrected chi connectivity index (χ1v) is 7.27. The van der Waals surface area contributed by atoms with E-state index in [4.69, 9.17) is 0 Å². The second-order valence-corrected chi connectivity index (χ2v) is 7.73. The molecule has 1 aliphatic rings. The predicted octanol–water partition coefficient (Wildman–Crippen LogP) is 3.99. The Bertz CT molecular complexity index is 449. The Hall–Kier alpha value is -0.640. The molecule has 3 nitrogen and oxygen atoms in total. The summed E-state index contributed by atoms with van der Waals surface area (Å²) in [5.41, 5.74) is 0.475. The Kier molecular flexibility index (Phi) is 3.43. The van der Waals surface area contributed by atoms with Crippen molar-refractivity contribution in [3.8, 4) is 0 Å². The first-order valence-electron chi connectivity index (χ1n) is 6.47. The van der Waals surface area contributed by atoms with Crippen LogP contribution in [0.1, 0.15) is 46.9 Å². The number of hydrogen-bond donors (Lipinski definition) is 1. The van der Waals surface area contributed by atoms with Crippen molar-refractivity contribution >= 4 is 21.7 Å². The quantitative estimate of drug-likeness (QED) is 0.858. The van der Waals surface area contributed by atoms with Crippen LogP contribution in [0.3, 0.4) is 0 Å². The maximum Gasteiger partial charge on any atom is 0.137 e. The lowest BCUT2D eigenvalue weighted by molar-refractivity contribution is 0.543. The molecule has 18 heavy (non-hydrogen) atoms. The Morgan fingerprint density at radius 3 is 2.50 bits per heavy atom. The summed E-state index contributed by atoms with van der Waals surface area (Å²) in [6.07, 6.45) is 1.30. The van der Waals surface area contributed by atoms with Gasteiger partial charge in [-0.3, -0.25) is 0 Å². The minimum absolute atomic E-state index is 0.0287. The van der Waals surface area contributed by atoms with Gasteiger partial charge in [-0.15, -0.1) is 0 Å². The summed E-state index contributed by atoms with van der Waals surface area (Å²) in [7, 11) is 0. The van der Waals surface area contributed by atoms with E-state index in [9.17, 15) is 0 Å². The normalized spacial score (nSPS) is 21.8. The third kappa shape index (κ3) is 3.22. The van der Waals surface area contributed by atoms with Gasteiger partial charge in [0.15, 0.2) is 0 Å². The average Bonchev–Trinajstić information content (AvgIpc) is 2.81. The third-order valence-electron chi connectivity index (χ3n) is 3.61. The fourth-order valence-electron chi connectivity index (χ4n) is 2.00. The molecule has 100 valence electrons. The molecular weight excluding hydrogens is 290 g/mol. The molecule has 0 bridgehead atoms. The first kappa shape index (κ1) is 13.8. The van der Waals surface area contributed by atoms with Gasteiger partial charge >= 0.3 is 0 Å². The number of anilines is 1. The highest BCUT2D eigenvalue weighted by Gasteiger charge is 2.45. The lowest BCUT2D eigenvalue weighted by Crippen LogP contribution is -2.18. The van der Waals surface area contributed by atoms with E-state index in [1.165, 1.54) is 6.42 Å². The summed E-state index contributed by atoms with van der Waals surface area (Å²) in [6, 6.07) is 1.95. The van der Waals surface area contributed by atoms with Gasteiger partial charge < -0.3 is 5.32 Å². The third-order valence-corrected chi connectivity index (χ3v) is 4.02. The SMILES string of the molecule is CC(C)(C)c1nc(Br)cc(NCC2CC2(C)C)n1.